The van der Waals surface area contributed by atoms with E-state index in [0.717, 1.165) is 5.65 Å². The first-order chi connectivity index (χ1) is 12.3. The van der Waals surface area contributed by atoms with Crippen molar-refractivity contribution in [1.82, 2.24) is 19.4 Å². The number of aryl methyl sites for hydroxylation is 1. The van der Waals surface area contributed by atoms with E-state index in [1.54, 1.807) is 41.9 Å². The predicted octanol–water partition coefficient (Wildman–Crippen LogP) is 2.13. The van der Waals surface area contributed by atoms with Crippen LogP contribution in [0.1, 0.15) is 21.6 Å². The van der Waals surface area contributed by atoms with Crippen LogP contribution in [0.3, 0.4) is 0 Å². The minimum atomic E-state index is -3.62. The first-order valence-electron chi connectivity index (χ1n) is 7.76. The Balaban J connectivity index is 1.80. The summed E-state index contributed by atoms with van der Waals surface area (Å²) in [5, 5.41) is 3.35. The van der Waals surface area contributed by atoms with Gasteiger partial charge in [0.05, 0.1) is 22.2 Å². The van der Waals surface area contributed by atoms with Crippen molar-refractivity contribution in [2.24, 2.45) is 0 Å². The van der Waals surface area contributed by atoms with E-state index >= 15 is 0 Å². The van der Waals surface area contributed by atoms with Crippen LogP contribution in [-0.4, -0.2) is 30.8 Å². The van der Waals surface area contributed by atoms with Crippen molar-refractivity contribution in [2.45, 2.75) is 18.4 Å². The molecule has 2 aromatic heterocycles. The van der Waals surface area contributed by atoms with Crippen molar-refractivity contribution < 1.29 is 13.2 Å². The molecule has 1 amide bonds. The lowest BCUT2D eigenvalue weighted by atomic mass is 10.1. The molecule has 9 heteroatoms. The number of sulfonamides is 1. The van der Waals surface area contributed by atoms with Crippen molar-refractivity contribution in [3.63, 3.8) is 0 Å². The molecule has 3 rings (SSSR count). The fourth-order valence-corrected chi connectivity index (χ4v) is 3.42. The number of aromatic nitrogens is 2. The summed E-state index contributed by atoms with van der Waals surface area (Å²) in [6.45, 7) is 1.96. The molecular formula is C17H17ClN4O3S. The van der Waals surface area contributed by atoms with Gasteiger partial charge in [0.15, 0.2) is 0 Å². The Bertz CT molecular complexity index is 1090. The summed E-state index contributed by atoms with van der Waals surface area (Å²) in [7, 11) is -2.29. The number of carbonyl (C=O) groups is 1. The molecule has 0 fully saturated rings. The van der Waals surface area contributed by atoms with Crippen LogP contribution in [0.5, 0.6) is 0 Å². The van der Waals surface area contributed by atoms with Gasteiger partial charge in [0, 0.05) is 18.0 Å². The van der Waals surface area contributed by atoms with Crippen molar-refractivity contribution in [3.8, 4) is 0 Å². The lowest BCUT2D eigenvalue weighted by Crippen LogP contribution is -2.25. The highest BCUT2D eigenvalue weighted by Gasteiger charge is 2.16. The molecule has 26 heavy (non-hydrogen) atoms. The summed E-state index contributed by atoms with van der Waals surface area (Å²) in [6.07, 6.45) is 3.50. The van der Waals surface area contributed by atoms with Gasteiger partial charge in [0.25, 0.3) is 5.91 Å². The number of imidazole rings is 1. The van der Waals surface area contributed by atoms with Gasteiger partial charge in [-0.3, -0.25) is 4.79 Å². The third-order valence-corrected chi connectivity index (χ3v) is 5.56. The second-order valence-electron chi connectivity index (χ2n) is 5.71. The van der Waals surface area contributed by atoms with Gasteiger partial charge < -0.3 is 9.72 Å². The van der Waals surface area contributed by atoms with Crippen LogP contribution in [0.2, 0.25) is 5.02 Å². The average Bonchev–Trinajstić information content (AvgIpc) is 3.01. The number of nitrogens with one attached hydrogen (secondary N) is 2. The second kappa shape index (κ2) is 7.06. The van der Waals surface area contributed by atoms with Gasteiger partial charge in [-0.25, -0.2) is 18.1 Å². The molecule has 2 heterocycles. The van der Waals surface area contributed by atoms with E-state index in [0.29, 0.717) is 21.8 Å². The van der Waals surface area contributed by atoms with Gasteiger partial charge in [-0.2, -0.15) is 0 Å². The Morgan fingerprint density at radius 1 is 1.23 bits per heavy atom. The van der Waals surface area contributed by atoms with Gasteiger partial charge in [0.1, 0.15) is 5.65 Å². The van der Waals surface area contributed by atoms with Crippen molar-refractivity contribution >= 4 is 33.2 Å². The first-order valence-corrected chi connectivity index (χ1v) is 9.62. The highest BCUT2D eigenvalue weighted by atomic mass is 35.5. The standard InChI is InChI=1S/C17H17ClN4O3S/c1-11-3-5-14(26(24,25)19-2)7-15(11)17(23)20-8-13-10-22-9-12(18)4-6-16(22)21-13/h3-7,9-10,19H,8H2,1-2H3,(H,20,23). The van der Waals surface area contributed by atoms with Crippen LogP contribution in [0.4, 0.5) is 0 Å². The number of rotatable bonds is 5. The van der Waals surface area contributed by atoms with E-state index in [-0.39, 0.29) is 17.3 Å². The number of benzene rings is 1. The Labute approximate surface area is 156 Å². The molecule has 2 N–H and O–H groups in total. The number of pyridine rings is 1. The molecule has 0 saturated heterocycles. The summed E-state index contributed by atoms with van der Waals surface area (Å²) in [4.78, 5) is 16.9. The Hall–Kier alpha value is -2.42. The lowest BCUT2D eigenvalue weighted by Gasteiger charge is -2.09. The van der Waals surface area contributed by atoms with Gasteiger partial charge >= 0.3 is 0 Å². The fourth-order valence-electron chi connectivity index (χ4n) is 2.50. The number of carbonyl (C=O) groups excluding carboxylic acids is 1. The van der Waals surface area contributed by atoms with Crippen molar-refractivity contribution in [2.75, 3.05) is 7.05 Å². The topological polar surface area (TPSA) is 92.6 Å². The molecule has 0 radical (unpaired) electrons. The molecule has 0 aliphatic rings. The van der Waals surface area contributed by atoms with Crippen LogP contribution in [0, 0.1) is 6.92 Å². The molecule has 0 bridgehead atoms. The molecule has 0 aliphatic carbocycles. The Kier molecular flexibility index (Phi) is 4.99. The van der Waals surface area contributed by atoms with Gasteiger partial charge in [-0.1, -0.05) is 17.7 Å². The number of hydrogen-bond donors (Lipinski definition) is 2. The van der Waals surface area contributed by atoms with E-state index < -0.39 is 10.0 Å². The van der Waals surface area contributed by atoms with E-state index in [4.69, 9.17) is 11.6 Å². The van der Waals surface area contributed by atoms with E-state index in [1.807, 2.05) is 0 Å². The van der Waals surface area contributed by atoms with Crippen LogP contribution in [0.25, 0.3) is 5.65 Å². The minimum Gasteiger partial charge on any atom is -0.346 e. The molecule has 0 aliphatic heterocycles. The average molecular weight is 393 g/mol. The van der Waals surface area contributed by atoms with E-state index in [2.05, 4.69) is 15.0 Å². The number of nitrogens with zero attached hydrogens (tertiary/aromatic N) is 2. The molecule has 136 valence electrons. The number of fused-ring (bicyclic) bond motifs is 1. The third kappa shape index (κ3) is 3.72. The highest BCUT2D eigenvalue weighted by molar-refractivity contribution is 7.89. The maximum absolute atomic E-state index is 12.5. The number of halogens is 1. The molecule has 0 atom stereocenters. The summed E-state index contributed by atoms with van der Waals surface area (Å²) < 4.78 is 27.9. The Morgan fingerprint density at radius 2 is 2.00 bits per heavy atom. The summed E-state index contributed by atoms with van der Waals surface area (Å²) in [6, 6.07) is 7.95. The maximum Gasteiger partial charge on any atom is 0.251 e. The Morgan fingerprint density at radius 3 is 2.73 bits per heavy atom. The molecule has 0 spiro atoms. The fraction of sp³-hybridized carbons (Fsp3) is 0.176. The predicted molar refractivity (Wildman–Crippen MR) is 98.8 cm³/mol. The number of amides is 1. The van der Waals surface area contributed by atoms with Crippen LogP contribution in [0.15, 0.2) is 47.6 Å². The highest BCUT2D eigenvalue weighted by Crippen LogP contribution is 2.16. The zero-order chi connectivity index (χ0) is 18.9. The summed E-state index contributed by atoms with van der Waals surface area (Å²) in [5.74, 6) is -0.370. The quantitative estimate of drug-likeness (QED) is 0.695. The minimum absolute atomic E-state index is 0.0399. The van der Waals surface area contributed by atoms with Crippen LogP contribution in [-0.2, 0) is 16.6 Å². The van der Waals surface area contributed by atoms with Crippen LogP contribution >= 0.6 is 11.6 Å². The van der Waals surface area contributed by atoms with E-state index in [9.17, 15) is 13.2 Å². The monoisotopic (exact) mass is 392 g/mol. The molecule has 0 saturated carbocycles. The zero-order valence-corrected chi connectivity index (χ0v) is 15.7. The second-order valence-corrected chi connectivity index (χ2v) is 8.03. The molecule has 7 nitrogen and oxygen atoms in total. The first kappa shape index (κ1) is 18.4. The molecule has 1 aromatic carbocycles. The SMILES string of the molecule is CNS(=O)(=O)c1ccc(C)c(C(=O)NCc2cn3cc(Cl)ccc3n2)c1. The maximum atomic E-state index is 12.5. The van der Waals surface area contributed by atoms with Crippen molar-refractivity contribution in [1.29, 1.82) is 0 Å². The van der Waals surface area contributed by atoms with Gasteiger partial charge in [-0.15, -0.1) is 0 Å². The lowest BCUT2D eigenvalue weighted by molar-refractivity contribution is 0.0949. The van der Waals surface area contributed by atoms with Crippen LogP contribution < -0.4 is 10.0 Å². The zero-order valence-electron chi connectivity index (χ0n) is 14.2. The van der Waals surface area contributed by atoms with E-state index in [1.165, 1.54) is 19.2 Å². The largest absolute Gasteiger partial charge is 0.346 e. The van der Waals surface area contributed by atoms with Gasteiger partial charge in [-0.05, 0) is 43.8 Å². The van der Waals surface area contributed by atoms with Crippen molar-refractivity contribution in [3.05, 3.63) is 64.6 Å². The normalized spacial score (nSPS) is 11.7. The summed E-state index contributed by atoms with van der Waals surface area (Å²) in [5.41, 5.74) is 2.36. The third-order valence-electron chi connectivity index (χ3n) is 3.93. The molecule has 0 unspecified atom stereocenters. The molecule has 3 aromatic rings. The molecular weight excluding hydrogens is 376 g/mol. The van der Waals surface area contributed by atoms with Gasteiger partial charge in [0.2, 0.25) is 10.0 Å². The smallest absolute Gasteiger partial charge is 0.251 e. The summed E-state index contributed by atoms with van der Waals surface area (Å²) >= 11 is 5.94. The number of hydrogen-bond acceptors (Lipinski definition) is 4.